The number of aromatic nitrogens is 2. The van der Waals surface area contributed by atoms with Crippen LogP contribution in [-0.2, 0) is 23.6 Å². The third-order valence-electron chi connectivity index (χ3n) is 5.89. The van der Waals surface area contributed by atoms with Gasteiger partial charge in [-0.15, -0.1) is 0 Å². The van der Waals surface area contributed by atoms with Crippen molar-refractivity contribution in [1.29, 1.82) is 0 Å². The van der Waals surface area contributed by atoms with Crippen LogP contribution in [0.1, 0.15) is 34.6 Å². The molecule has 31 heavy (non-hydrogen) atoms. The molecule has 2 heterocycles. The lowest BCUT2D eigenvalue weighted by Crippen LogP contribution is -2.29. The Labute approximate surface area is 180 Å². The topological polar surface area (TPSA) is 84.3 Å². The van der Waals surface area contributed by atoms with Gasteiger partial charge in [-0.1, -0.05) is 6.07 Å². The number of fused-ring (bicyclic) bond motifs is 1. The van der Waals surface area contributed by atoms with E-state index in [0.717, 1.165) is 12.8 Å². The molecule has 1 aliphatic carbocycles. The van der Waals surface area contributed by atoms with Crippen LogP contribution in [0.15, 0.2) is 41.4 Å². The molecule has 164 valence electrons. The molecule has 2 aromatic heterocycles. The zero-order valence-corrected chi connectivity index (χ0v) is 18.5. The molecule has 9 heteroatoms. The van der Waals surface area contributed by atoms with E-state index in [1.54, 1.807) is 50.0 Å². The van der Waals surface area contributed by atoms with E-state index < -0.39 is 21.7 Å². The normalized spacial score (nSPS) is 14.4. The monoisotopic (exact) mass is 444 g/mol. The van der Waals surface area contributed by atoms with E-state index in [2.05, 4.69) is 10.3 Å². The fraction of sp³-hybridized carbons (Fsp3) is 0.364. The Morgan fingerprint density at radius 2 is 2.06 bits per heavy atom. The number of sulfonamides is 1. The average molecular weight is 445 g/mol. The van der Waals surface area contributed by atoms with Gasteiger partial charge in [0.1, 0.15) is 16.4 Å². The van der Waals surface area contributed by atoms with Gasteiger partial charge in [0.2, 0.25) is 10.0 Å². The lowest BCUT2D eigenvalue weighted by Gasteiger charge is -2.16. The van der Waals surface area contributed by atoms with Gasteiger partial charge in [0.15, 0.2) is 0 Å². The quantitative estimate of drug-likeness (QED) is 0.607. The molecular formula is C22H25FN4O3S. The van der Waals surface area contributed by atoms with Crippen molar-refractivity contribution in [3.8, 4) is 0 Å². The molecule has 1 fully saturated rings. The Morgan fingerprint density at radius 1 is 1.32 bits per heavy atom. The van der Waals surface area contributed by atoms with Crippen molar-refractivity contribution < 1.29 is 17.6 Å². The van der Waals surface area contributed by atoms with Crippen LogP contribution in [0.2, 0.25) is 0 Å². The molecule has 0 unspecified atom stereocenters. The fourth-order valence-corrected chi connectivity index (χ4v) is 5.22. The fourth-order valence-electron chi connectivity index (χ4n) is 3.71. The number of amides is 1. The standard InChI is InChI=1S/C22H25FN4O3S/c1-14-21(31(29,30)26(2)13-15-6-7-15)11-20(27(14)3)22(28)25-12-17-16-5-4-10-24-19(16)9-8-18(17)23/h4-5,8-11,15H,6-7,12-13H2,1-3H3,(H,25,28). The Hall–Kier alpha value is -2.78. The van der Waals surface area contributed by atoms with Crippen molar-refractivity contribution in [2.45, 2.75) is 31.2 Å². The first kappa shape index (κ1) is 21.5. The second-order valence-electron chi connectivity index (χ2n) is 8.05. The predicted molar refractivity (Wildman–Crippen MR) is 116 cm³/mol. The third-order valence-corrected chi connectivity index (χ3v) is 7.83. The molecule has 0 aliphatic heterocycles. The van der Waals surface area contributed by atoms with Crippen LogP contribution in [0.5, 0.6) is 0 Å². The molecule has 1 aromatic carbocycles. The van der Waals surface area contributed by atoms with Gasteiger partial charge in [-0.05, 0) is 49.9 Å². The number of rotatable bonds is 7. The summed E-state index contributed by atoms with van der Waals surface area (Å²) in [5.41, 5.74) is 1.65. The first-order chi connectivity index (χ1) is 14.7. The molecule has 7 nitrogen and oxygen atoms in total. The average Bonchev–Trinajstić information content (AvgIpc) is 3.51. The third kappa shape index (κ3) is 4.07. The Morgan fingerprint density at radius 3 is 2.77 bits per heavy atom. The first-order valence-corrected chi connectivity index (χ1v) is 11.6. The van der Waals surface area contributed by atoms with E-state index in [9.17, 15) is 17.6 Å². The lowest BCUT2D eigenvalue weighted by atomic mass is 10.1. The second kappa shape index (κ2) is 8.05. The summed E-state index contributed by atoms with van der Waals surface area (Å²) in [5.74, 6) is -0.498. The van der Waals surface area contributed by atoms with E-state index in [-0.39, 0.29) is 17.1 Å². The molecule has 4 rings (SSSR count). The summed E-state index contributed by atoms with van der Waals surface area (Å²) in [6, 6.07) is 7.77. The van der Waals surface area contributed by atoms with Crippen LogP contribution < -0.4 is 5.32 Å². The van der Waals surface area contributed by atoms with Crippen LogP contribution >= 0.6 is 0 Å². The number of carbonyl (C=O) groups excluding carboxylic acids is 1. The molecule has 1 saturated carbocycles. The van der Waals surface area contributed by atoms with Crippen molar-refractivity contribution in [1.82, 2.24) is 19.2 Å². The molecule has 0 spiro atoms. The van der Waals surface area contributed by atoms with Crippen LogP contribution in [0.3, 0.4) is 0 Å². The van der Waals surface area contributed by atoms with Crippen molar-refractivity contribution in [3.05, 3.63) is 59.3 Å². The second-order valence-corrected chi connectivity index (χ2v) is 10.1. The first-order valence-electron chi connectivity index (χ1n) is 10.1. The molecule has 1 N–H and O–H groups in total. The Kier molecular flexibility index (Phi) is 5.57. The maximum Gasteiger partial charge on any atom is 0.268 e. The van der Waals surface area contributed by atoms with Gasteiger partial charge < -0.3 is 9.88 Å². The number of carbonyl (C=O) groups is 1. The van der Waals surface area contributed by atoms with Gasteiger partial charge in [-0.2, -0.15) is 0 Å². The molecule has 0 atom stereocenters. The van der Waals surface area contributed by atoms with Crippen molar-refractivity contribution in [2.24, 2.45) is 13.0 Å². The van der Waals surface area contributed by atoms with E-state index in [0.29, 0.717) is 34.6 Å². The van der Waals surface area contributed by atoms with E-state index >= 15 is 0 Å². The number of benzene rings is 1. The zero-order valence-electron chi connectivity index (χ0n) is 17.7. The summed E-state index contributed by atoms with van der Waals surface area (Å²) in [5, 5.41) is 3.34. The van der Waals surface area contributed by atoms with Gasteiger partial charge in [0, 0.05) is 50.0 Å². The summed E-state index contributed by atoms with van der Waals surface area (Å²) in [4.78, 5) is 17.2. The van der Waals surface area contributed by atoms with Crippen LogP contribution in [0.25, 0.3) is 10.9 Å². The van der Waals surface area contributed by atoms with Gasteiger partial charge in [-0.3, -0.25) is 9.78 Å². The minimum absolute atomic E-state index is 0.0401. The van der Waals surface area contributed by atoms with Crippen LogP contribution in [0.4, 0.5) is 4.39 Å². The predicted octanol–water partition coefficient (Wildman–Crippen LogP) is 2.98. The highest BCUT2D eigenvalue weighted by molar-refractivity contribution is 7.89. The molecular weight excluding hydrogens is 419 g/mol. The summed E-state index contributed by atoms with van der Waals surface area (Å²) < 4.78 is 43.3. The maximum atomic E-state index is 14.4. The zero-order chi connectivity index (χ0) is 22.3. The Bertz CT molecular complexity index is 1270. The number of nitrogens with one attached hydrogen (secondary N) is 1. The summed E-state index contributed by atoms with van der Waals surface area (Å²) in [6.07, 6.45) is 3.71. The minimum Gasteiger partial charge on any atom is -0.347 e. The van der Waals surface area contributed by atoms with Crippen molar-refractivity contribution in [2.75, 3.05) is 13.6 Å². The molecule has 0 bridgehead atoms. The smallest absolute Gasteiger partial charge is 0.268 e. The van der Waals surface area contributed by atoms with Gasteiger partial charge in [0.25, 0.3) is 5.91 Å². The van der Waals surface area contributed by atoms with E-state index in [1.807, 2.05) is 0 Å². The SMILES string of the molecule is Cc1c(S(=O)(=O)N(C)CC2CC2)cc(C(=O)NCc2c(F)ccc3ncccc23)n1C. The van der Waals surface area contributed by atoms with E-state index in [4.69, 9.17) is 0 Å². The van der Waals surface area contributed by atoms with Gasteiger partial charge in [0.05, 0.1) is 5.52 Å². The minimum atomic E-state index is -3.70. The summed E-state index contributed by atoms with van der Waals surface area (Å²) in [6.45, 7) is 2.11. The van der Waals surface area contributed by atoms with Crippen molar-refractivity contribution >= 4 is 26.8 Å². The largest absolute Gasteiger partial charge is 0.347 e. The number of pyridine rings is 1. The molecule has 1 amide bonds. The Balaban J connectivity index is 1.58. The summed E-state index contributed by atoms with van der Waals surface area (Å²) >= 11 is 0. The van der Waals surface area contributed by atoms with Crippen molar-refractivity contribution in [3.63, 3.8) is 0 Å². The molecule has 0 radical (unpaired) electrons. The van der Waals surface area contributed by atoms with Gasteiger partial charge >= 0.3 is 0 Å². The maximum absolute atomic E-state index is 14.4. The molecule has 0 saturated heterocycles. The lowest BCUT2D eigenvalue weighted by molar-refractivity contribution is 0.0942. The highest BCUT2D eigenvalue weighted by atomic mass is 32.2. The van der Waals surface area contributed by atoms with Crippen LogP contribution in [0, 0.1) is 18.7 Å². The number of hydrogen-bond acceptors (Lipinski definition) is 4. The number of halogens is 1. The van der Waals surface area contributed by atoms with Gasteiger partial charge in [-0.25, -0.2) is 17.1 Å². The number of nitrogens with zero attached hydrogens (tertiary/aromatic N) is 3. The highest BCUT2D eigenvalue weighted by Gasteiger charge is 2.32. The molecule has 1 aliphatic rings. The van der Waals surface area contributed by atoms with Crippen LogP contribution in [-0.4, -0.2) is 41.8 Å². The molecule has 3 aromatic rings. The summed E-state index contributed by atoms with van der Waals surface area (Å²) in [7, 11) is -0.486. The highest BCUT2D eigenvalue weighted by Crippen LogP contribution is 2.32. The number of hydrogen-bond donors (Lipinski definition) is 1. The van der Waals surface area contributed by atoms with E-state index in [1.165, 1.54) is 16.4 Å².